The summed E-state index contributed by atoms with van der Waals surface area (Å²) in [5.74, 6) is 0.0641. The lowest BCUT2D eigenvalue weighted by Gasteiger charge is -2.10. The van der Waals surface area contributed by atoms with E-state index in [2.05, 4.69) is 31.0 Å². The first kappa shape index (κ1) is 18.8. The lowest BCUT2D eigenvalue weighted by atomic mass is 10.0. The molecule has 0 radical (unpaired) electrons. The highest BCUT2D eigenvalue weighted by atomic mass is 16.5. The van der Waals surface area contributed by atoms with E-state index in [1.54, 1.807) is 29.7 Å². The number of esters is 1. The predicted molar refractivity (Wildman–Crippen MR) is 106 cm³/mol. The minimum Gasteiger partial charge on any atom is -0.457 e. The van der Waals surface area contributed by atoms with Crippen molar-refractivity contribution in [2.75, 3.05) is 0 Å². The van der Waals surface area contributed by atoms with Gasteiger partial charge in [0.15, 0.2) is 0 Å². The number of fused-ring (bicyclic) bond motifs is 1. The van der Waals surface area contributed by atoms with Crippen LogP contribution in [0.15, 0.2) is 47.3 Å². The van der Waals surface area contributed by atoms with Crippen LogP contribution < -0.4 is 5.56 Å². The summed E-state index contributed by atoms with van der Waals surface area (Å²) in [4.78, 5) is 28.9. The molecule has 0 saturated carbocycles. The van der Waals surface area contributed by atoms with Crippen LogP contribution in [-0.4, -0.2) is 15.5 Å². The Bertz CT molecular complexity index is 1030. The monoisotopic (exact) mass is 364 g/mol. The Morgan fingerprint density at radius 1 is 1.15 bits per heavy atom. The van der Waals surface area contributed by atoms with Gasteiger partial charge >= 0.3 is 5.97 Å². The molecule has 2 aromatic carbocycles. The highest BCUT2D eigenvalue weighted by molar-refractivity contribution is 5.93. The van der Waals surface area contributed by atoms with Gasteiger partial charge in [0.25, 0.3) is 5.56 Å². The number of carbonyl (C=O) groups excluding carboxylic acids is 1. The molecule has 140 valence electrons. The molecule has 27 heavy (non-hydrogen) atoms. The fourth-order valence-corrected chi connectivity index (χ4v) is 3.05. The second-order valence-corrected chi connectivity index (χ2v) is 6.92. The number of benzene rings is 2. The number of carbonyl (C=O) groups is 1. The van der Waals surface area contributed by atoms with Crippen LogP contribution in [0.5, 0.6) is 0 Å². The third kappa shape index (κ3) is 3.92. The van der Waals surface area contributed by atoms with Crippen molar-refractivity contribution in [2.45, 2.75) is 46.8 Å². The normalized spacial score (nSPS) is 11.1. The van der Waals surface area contributed by atoms with Gasteiger partial charge in [-0.15, -0.1) is 0 Å². The van der Waals surface area contributed by atoms with Gasteiger partial charge in [0.1, 0.15) is 12.3 Å². The zero-order valence-corrected chi connectivity index (χ0v) is 16.2. The molecule has 0 aliphatic carbocycles. The van der Waals surface area contributed by atoms with Crippen LogP contribution in [0.2, 0.25) is 0 Å². The zero-order chi connectivity index (χ0) is 19.6. The Morgan fingerprint density at radius 2 is 1.85 bits per heavy atom. The van der Waals surface area contributed by atoms with Gasteiger partial charge in [-0.05, 0) is 49.1 Å². The van der Waals surface area contributed by atoms with E-state index in [1.165, 1.54) is 5.56 Å². The third-order valence-corrected chi connectivity index (χ3v) is 4.68. The fourth-order valence-electron chi connectivity index (χ4n) is 3.05. The number of nitrogens with zero attached hydrogens (tertiary/aromatic N) is 2. The smallest absolute Gasteiger partial charge is 0.338 e. The summed E-state index contributed by atoms with van der Waals surface area (Å²) in [5.41, 5.74) is 4.27. The molecule has 0 atom stereocenters. The lowest BCUT2D eigenvalue weighted by molar-refractivity contribution is 0.0473. The second kappa shape index (κ2) is 7.74. The number of aryl methyl sites for hydroxylation is 2. The van der Waals surface area contributed by atoms with Crippen molar-refractivity contribution in [3.63, 3.8) is 0 Å². The van der Waals surface area contributed by atoms with Crippen LogP contribution in [0.4, 0.5) is 0 Å². The van der Waals surface area contributed by atoms with Crippen molar-refractivity contribution in [1.82, 2.24) is 9.55 Å². The van der Waals surface area contributed by atoms with E-state index in [0.717, 1.165) is 5.56 Å². The average molecular weight is 364 g/mol. The molecule has 1 heterocycles. The first-order valence-electron chi connectivity index (χ1n) is 9.18. The largest absolute Gasteiger partial charge is 0.457 e. The maximum Gasteiger partial charge on any atom is 0.338 e. The Hall–Kier alpha value is -2.95. The molecule has 0 bridgehead atoms. The van der Waals surface area contributed by atoms with E-state index in [4.69, 9.17) is 4.74 Å². The summed E-state index contributed by atoms with van der Waals surface area (Å²) < 4.78 is 7.09. The molecule has 0 spiro atoms. The van der Waals surface area contributed by atoms with E-state index in [1.807, 2.05) is 19.1 Å². The van der Waals surface area contributed by atoms with E-state index in [-0.39, 0.29) is 12.2 Å². The highest BCUT2D eigenvalue weighted by Crippen LogP contribution is 2.17. The molecule has 0 N–H and O–H groups in total. The number of aromatic nitrogens is 2. The SMILES string of the molecule is CCn1c(=O)c(C)nc2cc(C(=O)OCc3ccc(C(C)C)cc3)ccc21. The Kier molecular flexibility index (Phi) is 5.40. The first-order valence-corrected chi connectivity index (χ1v) is 9.18. The fraction of sp³-hybridized carbons (Fsp3) is 0.318. The molecule has 3 aromatic rings. The maximum atomic E-state index is 12.4. The molecular formula is C22H24N2O3. The van der Waals surface area contributed by atoms with Crippen LogP contribution in [0.1, 0.15) is 53.9 Å². The van der Waals surface area contributed by atoms with Crippen LogP contribution in [0.3, 0.4) is 0 Å². The molecule has 3 rings (SSSR count). The minimum atomic E-state index is -0.404. The van der Waals surface area contributed by atoms with Crippen LogP contribution >= 0.6 is 0 Å². The summed E-state index contributed by atoms with van der Waals surface area (Å²) in [6.07, 6.45) is 0. The quantitative estimate of drug-likeness (QED) is 0.637. The first-order chi connectivity index (χ1) is 12.9. The average Bonchev–Trinajstić information content (AvgIpc) is 2.67. The van der Waals surface area contributed by atoms with Crippen molar-refractivity contribution in [3.8, 4) is 0 Å². The van der Waals surface area contributed by atoms with E-state index in [9.17, 15) is 9.59 Å². The lowest BCUT2D eigenvalue weighted by Crippen LogP contribution is -2.23. The van der Waals surface area contributed by atoms with Gasteiger partial charge in [-0.25, -0.2) is 9.78 Å². The number of ether oxygens (including phenoxy) is 1. The third-order valence-electron chi connectivity index (χ3n) is 4.68. The Morgan fingerprint density at radius 3 is 2.48 bits per heavy atom. The van der Waals surface area contributed by atoms with Gasteiger partial charge in [-0.1, -0.05) is 38.1 Å². The molecule has 0 unspecified atom stereocenters. The van der Waals surface area contributed by atoms with Gasteiger partial charge in [-0.3, -0.25) is 4.79 Å². The molecule has 0 fully saturated rings. The van der Waals surface area contributed by atoms with E-state index in [0.29, 0.717) is 34.8 Å². The topological polar surface area (TPSA) is 61.2 Å². The predicted octanol–water partition coefficient (Wildman–Crippen LogP) is 4.21. The van der Waals surface area contributed by atoms with Gasteiger partial charge in [0.2, 0.25) is 0 Å². The molecule has 0 saturated heterocycles. The summed E-state index contributed by atoms with van der Waals surface area (Å²) in [7, 11) is 0. The summed E-state index contributed by atoms with van der Waals surface area (Å²) in [6, 6.07) is 13.2. The minimum absolute atomic E-state index is 0.106. The standard InChI is InChI=1S/C22H24N2O3/c1-5-24-20-11-10-18(12-19(20)23-15(4)21(24)25)22(26)27-13-16-6-8-17(9-7-16)14(2)3/h6-12,14H,5,13H2,1-4H3. The summed E-state index contributed by atoms with van der Waals surface area (Å²) in [5, 5.41) is 0. The Labute approximate surface area is 158 Å². The Balaban J connectivity index is 1.79. The molecule has 0 aliphatic heterocycles. The maximum absolute atomic E-state index is 12.4. The van der Waals surface area contributed by atoms with E-state index < -0.39 is 5.97 Å². The van der Waals surface area contributed by atoms with Crippen molar-refractivity contribution in [2.24, 2.45) is 0 Å². The highest BCUT2D eigenvalue weighted by Gasteiger charge is 2.12. The molecule has 5 heteroatoms. The van der Waals surface area contributed by atoms with Crippen LogP contribution in [-0.2, 0) is 17.9 Å². The van der Waals surface area contributed by atoms with Gasteiger partial charge in [0.05, 0.1) is 16.6 Å². The van der Waals surface area contributed by atoms with Crippen molar-refractivity contribution < 1.29 is 9.53 Å². The summed E-state index contributed by atoms with van der Waals surface area (Å²) in [6.45, 7) is 8.64. The molecule has 1 aromatic heterocycles. The summed E-state index contributed by atoms with van der Waals surface area (Å²) >= 11 is 0. The number of hydrogen-bond acceptors (Lipinski definition) is 4. The van der Waals surface area contributed by atoms with Gasteiger partial charge < -0.3 is 9.30 Å². The van der Waals surface area contributed by atoms with Crippen molar-refractivity contribution >= 4 is 17.0 Å². The molecule has 5 nitrogen and oxygen atoms in total. The second-order valence-electron chi connectivity index (χ2n) is 6.92. The number of rotatable bonds is 5. The zero-order valence-electron chi connectivity index (χ0n) is 16.2. The molecular weight excluding hydrogens is 340 g/mol. The number of hydrogen-bond donors (Lipinski definition) is 0. The molecule has 0 amide bonds. The van der Waals surface area contributed by atoms with Crippen molar-refractivity contribution in [3.05, 3.63) is 75.2 Å². The van der Waals surface area contributed by atoms with Gasteiger partial charge in [-0.2, -0.15) is 0 Å². The van der Waals surface area contributed by atoms with Crippen LogP contribution in [0.25, 0.3) is 11.0 Å². The van der Waals surface area contributed by atoms with Crippen LogP contribution in [0, 0.1) is 6.92 Å². The molecule has 0 aliphatic rings. The van der Waals surface area contributed by atoms with E-state index >= 15 is 0 Å². The van der Waals surface area contributed by atoms with Crippen molar-refractivity contribution in [1.29, 1.82) is 0 Å². The van der Waals surface area contributed by atoms with Gasteiger partial charge in [0, 0.05) is 6.54 Å².